The van der Waals surface area contributed by atoms with Crippen LogP contribution in [0.4, 0.5) is 0 Å². The minimum atomic E-state index is -1.57. The predicted molar refractivity (Wildman–Crippen MR) is 97.3 cm³/mol. The number of methoxy groups -OCH3 is 1. The summed E-state index contributed by atoms with van der Waals surface area (Å²) in [5.41, 5.74) is 0.149. The number of aliphatic hydroxyl groups excluding tert-OH is 1. The highest BCUT2D eigenvalue weighted by atomic mass is 16.5. The maximum Gasteiger partial charge on any atom is 0.342 e. The van der Waals surface area contributed by atoms with E-state index in [1.54, 1.807) is 13.8 Å². The SMILES string of the molecule is COc1cc(O)c2c(c1)CCC(=O)C(=O)C(=O)C(O)CC[C@@H](C)[C@H](C)OC2=O. The Balaban J connectivity index is 2.45. The van der Waals surface area contributed by atoms with E-state index in [0.29, 0.717) is 6.42 Å². The largest absolute Gasteiger partial charge is 0.507 e. The Hall–Kier alpha value is -2.74. The van der Waals surface area contributed by atoms with Crippen LogP contribution < -0.4 is 4.74 Å². The number of hydrogen-bond acceptors (Lipinski definition) is 8. The Bertz CT molecular complexity index is 798. The van der Waals surface area contributed by atoms with Crippen LogP contribution >= 0.6 is 0 Å². The van der Waals surface area contributed by atoms with Gasteiger partial charge in [0, 0.05) is 12.5 Å². The summed E-state index contributed by atoms with van der Waals surface area (Å²) < 4.78 is 10.5. The molecule has 1 heterocycles. The smallest absolute Gasteiger partial charge is 0.342 e. The van der Waals surface area contributed by atoms with Crippen molar-refractivity contribution in [2.45, 2.75) is 51.7 Å². The molecule has 0 aliphatic carbocycles. The topological polar surface area (TPSA) is 127 Å². The average Bonchev–Trinajstić information content (AvgIpc) is 2.67. The van der Waals surface area contributed by atoms with Crippen LogP contribution in [0.3, 0.4) is 0 Å². The molecule has 28 heavy (non-hydrogen) atoms. The standard InChI is InChI=1S/C20H24O8/c1-10-4-6-14(21)18(24)19(25)15(22)7-5-12-8-13(27-3)9-16(23)17(12)20(26)28-11(10)2/h8-11,14,21,23H,4-7H2,1-3H3/t10-,11+,14?/m1/s1. The molecular formula is C20H24O8. The number of carbonyl (C=O) groups excluding carboxylic acids is 4. The fourth-order valence-electron chi connectivity index (χ4n) is 2.99. The lowest BCUT2D eigenvalue weighted by Crippen LogP contribution is -2.35. The molecule has 0 spiro atoms. The van der Waals surface area contributed by atoms with Crippen LogP contribution in [0, 0.1) is 5.92 Å². The van der Waals surface area contributed by atoms with Gasteiger partial charge in [-0.1, -0.05) is 6.92 Å². The Morgan fingerprint density at radius 2 is 1.75 bits per heavy atom. The van der Waals surface area contributed by atoms with E-state index in [1.807, 2.05) is 0 Å². The zero-order valence-electron chi connectivity index (χ0n) is 16.1. The van der Waals surface area contributed by atoms with Gasteiger partial charge in [0.05, 0.1) is 7.11 Å². The number of ketones is 3. The van der Waals surface area contributed by atoms with Crippen molar-refractivity contribution in [3.05, 3.63) is 23.3 Å². The predicted octanol–water partition coefficient (Wildman–Crippen LogP) is 1.38. The number of phenolic OH excluding ortho intramolecular Hbond substituents is 1. The molecule has 1 unspecified atom stereocenters. The number of benzene rings is 1. The van der Waals surface area contributed by atoms with Gasteiger partial charge in [0.2, 0.25) is 11.6 Å². The average molecular weight is 392 g/mol. The summed E-state index contributed by atoms with van der Waals surface area (Å²) >= 11 is 0. The molecule has 0 aromatic heterocycles. The van der Waals surface area contributed by atoms with Gasteiger partial charge in [-0.25, -0.2) is 4.79 Å². The lowest BCUT2D eigenvalue weighted by atomic mass is 9.93. The first-order valence-electron chi connectivity index (χ1n) is 9.06. The number of aromatic hydroxyl groups is 1. The summed E-state index contributed by atoms with van der Waals surface area (Å²) in [4.78, 5) is 48.7. The zero-order chi connectivity index (χ0) is 21.0. The number of carbonyl (C=O) groups is 4. The highest BCUT2D eigenvalue weighted by molar-refractivity contribution is 6.64. The van der Waals surface area contributed by atoms with Crippen molar-refractivity contribution in [3.8, 4) is 11.5 Å². The van der Waals surface area contributed by atoms with Crippen LogP contribution in [0.25, 0.3) is 0 Å². The van der Waals surface area contributed by atoms with Gasteiger partial charge in [-0.3, -0.25) is 14.4 Å². The quantitative estimate of drug-likeness (QED) is 0.542. The maximum atomic E-state index is 12.6. The lowest BCUT2D eigenvalue weighted by molar-refractivity contribution is -0.147. The second-order valence-corrected chi connectivity index (χ2v) is 6.98. The molecule has 0 fully saturated rings. The molecule has 0 amide bonds. The number of ether oxygens (including phenoxy) is 2. The molecule has 1 aromatic carbocycles. The van der Waals surface area contributed by atoms with Gasteiger partial charge in [-0.15, -0.1) is 0 Å². The summed E-state index contributed by atoms with van der Waals surface area (Å²) in [6, 6.07) is 2.72. The van der Waals surface area contributed by atoms with Crippen LogP contribution in [0.1, 0.15) is 49.0 Å². The fraction of sp³-hybridized carbons (Fsp3) is 0.500. The maximum absolute atomic E-state index is 12.6. The van der Waals surface area contributed by atoms with E-state index >= 15 is 0 Å². The van der Waals surface area contributed by atoms with Crippen LogP contribution in [-0.2, 0) is 25.5 Å². The first-order chi connectivity index (χ1) is 13.1. The van der Waals surface area contributed by atoms with Gasteiger partial charge >= 0.3 is 5.97 Å². The van der Waals surface area contributed by atoms with Crippen molar-refractivity contribution in [2.75, 3.05) is 7.11 Å². The van der Waals surface area contributed by atoms with Gasteiger partial charge < -0.3 is 19.7 Å². The zero-order valence-corrected chi connectivity index (χ0v) is 16.1. The molecule has 8 heteroatoms. The van der Waals surface area contributed by atoms with E-state index in [1.165, 1.54) is 19.2 Å². The van der Waals surface area contributed by atoms with E-state index in [0.717, 1.165) is 0 Å². The number of fused-ring (bicyclic) bond motifs is 1. The van der Waals surface area contributed by atoms with E-state index < -0.39 is 35.5 Å². The first-order valence-corrected chi connectivity index (χ1v) is 9.06. The second-order valence-electron chi connectivity index (χ2n) is 6.98. The summed E-state index contributed by atoms with van der Waals surface area (Å²) in [5.74, 6) is -4.46. The summed E-state index contributed by atoms with van der Waals surface area (Å²) in [6.45, 7) is 3.43. The summed E-state index contributed by atoms with van der Waals surface area (Å²) in [6.07, 6.45) is -2.32. The van der Waals surface area contributed by atoms with Crippen molar-refractivity contribution < 1.29 is 38.9 Å². The van der Waals surface area contributed by atoms with Crippen molar-refractivity contribution in [2.24, 2.45) is 5.92 Å². The van der Waals surface area contributed by atoms with Crippen molar-refractivity contribution in [1.29, 1.82) is 0 Å². The fourth-order valence-corrected chi connectivity index (χ4v) is 2.99. The highest BCUT2D eigenvalue weighted by Crippen LogP contribution is 2.31. The van der Waals surface area contributed by atoms with Gasteiger partial charge in [-0.05, 0) is 43.7 Å². The lowest BCUT2D eigenvalue weighted by Gasteiger charge is -2.22. The second kappa shape index (κ2) is 8.97. The summed E-state index contributed by atoms with van der Waals surface area (Å²) in [7, 11) is 1.38. The van der Waals surface area contributed by atoms with Crippen LogP contribution in [0.15, 0.2) is 12.1 Å². The molecule has 2 N–H and O–H groups in total. The third-order valence-corrected chi connectivity index (χ3v) is 5.00. The molecule has 0 saturated heterocycles. The molecule has 0 radical (unpaired) electrons. The summed E-state index contributed by atoms with van der Waals surface area (Å²) in [5, 5.41) is 20.2. The van der Waals surface area contributed by atoms with Gasteiger partial charge in [0.25, 0.3) is 5.78 Å². The normalized spacial score (nSPS) is 24.9. The molecule has 3 atom stereocenters. The molecule has 8 nitrogen and oxygen atoms in total. The van der Waals surface area contributed by atoms with Crippen LogP contribution in [0.5, 0.6) is 11.5 Å². The number of cyclic esters (lactones) is 1. The van der Waals surface area contributed by atoms with E-state index in [-0.39, 0.29) is 47.8 Å². The van der Waals surface area contributed by atoms with E-state index in [9.17, 15) is 29.4 Å². The first kappa shape index (κ1) is 21.6. The number of esters is 1. The number of hydrogen-bond donors (Lipinski definition) is 2. The molecule has 2 rings (SSSR count). The molecule has 1 aromatic rings. The van der Waals surface area contributed by atoms with Gasteiger partial charge in [0.15, 0.2) is 0 Å². The van der Waals surface area contributed by atoms with Crippen molar-refractivity contribution in [3.63, 3.8) is 0 Å². The molecule has 0 bridgehead atoms. The number of aliphatic hydroxyl groups is 1. The molecule has 152 valence electrons. The van der Waals surface area contributed by atoms with Gasteiger partial charge in [-0.2, -0.15) is 0 Å². The third kappa shape index (κ3) is 4.75. The Kier molecular flexibility index (Phi) is 6.90. The number of rotatable bonds is 1. The Morgan fingerprint density at radius 1 is 1.07 bits per heavy atom. The highest BCUT2D eigenvalue weighted by Gasteiger charge is 2.31. The van der Waals surface area contributed by atoms with Crippen molar-refractivity contribution in [1.82, 2.24) is 0 Å². The number of Topliss-reactive ketones (excluding diaryl/α,β-unsaturated/α-hetero) is 3. The Labute approximate surface area is 162 Å². The number of aryl methyl sites for hydroxylation is 1. The Morgan fingerprint density at radius 3 is 2.39 bits per heavy atom. The molecule has 1 aliphatic rings. The molecular weight excluding hydrogens is 368 g/mol. The van der Waals surface area contributed by atoms with Crippen molar-refractivity contribution >= 4 is 23.3 Å². The van der Waals surface area contributed by atoms with E-state index in [4.69, 9.17) is 9.47 Å². The van der Waals surface area contributed by atoms with E-state index in [2.05, 4.69) is 0 Å². The monoisotopic (exact) mass is 392 g/mol. The minimum Gasteiger partial charge on any atom is -0.507 e. The van der Waals surface area contributed by atoms with Gasteiger partial charge in [0.1, 0.15) is 29.3 Å². The van der Waals surface area contributed by atoms with Crippen LogP contribution in [0.2, 0.25) is 0 Å². The molecule has 1 aliphatic heterocycles. The third-order valence-electron chi connectivity index (χ3n) is 5.00. The minimum absolute atomic E-state index is 0.0278. The number of phenols is 1. The van der Waals surface area contributed by atoms with Crippen LogP contribution in [-0.4, -0.2) is 52.8 Å². The molecule has 0 saturated carbocycles.